The van der Waals surface area contributed by atoms with Crippen LogP contribution in [0.5, 0.6) is 5.75 Å². The van der Waals surface area contributed by atoms with Crippen LogP contribution in [0.3, 0.4) is 0 Å². The minimum Gasteiger partial charge on any atom is -0.494 e. The minimum absolute atomic E-state index is 0.0588. The van der Waals surface area contributed by atoms with Crippen molar-refractivity contribution in [3.63, 3.8) is 0 Å². The van der Waals surface area contributed by atoms with Crippen LogP contribution in [0.2, 0.25) is 0 Å². The summed E-state index contributed by atoms with van der Waals surface area (Å²) in [5, 5.41) is 11.6. The van der Waals surface area contributed by atoms with Gasteiger partial charge in [-0.15, -0.1) is 0 Å². The molecule has 0 aliphatic heterocycles. The van der Waals surface area contributed by atoms with E-state index in [0.29, 0.717) is 36.6 Å². The molecule has 0 radical (unpaired) electrons. The SMILES string of the molecule is COCCCOc1ccc(C(=O)Nc2cccc(CCC(=O)O)c2)cc1. The maximum atomic E-state index is 12.3. The summed E-state index contributed by atoms with van der Waals surface area (Å²) in [6.45, 7) is 1.20. The van der Waals surface area contributed by atoms with Crippen LogP contribution in [0.25, 0.3) is 0 Å². The predicted molar refractivity (Wildman–Crippen MR) is 98.8 cm³/mol. The van der Waals surface area contributed by atoms with E-state index in [1.54, 1.807) is 49.6 Å². The van der Waals surface area contributed by atoms with Gasteiger partial charge in [-0.05, 0) is 48.4 Å². The van der Waals surface area contributed by atoms with E-state index in [-0.39, 0.29) is 12.3 Å². The van der Waals surface area contributed by atoms with Gasteiger partial charge in [-0.3, -0.25) is 9.59 Å². The third-order valence-corrected chi connectivity index (χ3v) is 3.69. The Morgan fingerprint density at radius 3 is 2.54 bits per heavy atom. The molecule has 0 saturated heterocycles. The zero-order chi connectivity index (χ0) is 18.8. The Hall–Kier alpha value is -2.86. The minimum atomic E-state index is -0.844. The van der Waals surface area contributed by atoms with E-state index in [0.717, 1.165) is 12.0 Å². The molecular formula is C20H23NO5. The molecule has 0 fully saturated rings. The number of methoxy groups -OCH3 is 1. The number of carboxylic acids is 1. The van der Waals surface area contributed by atoms with E-state index in [4.69, 9.17) is 14.6 Å². The number of ether oxygens (including phenoxy) is 2. The van der Waals surface area contributed by atoms with E-state index >= 15 is 0 Å². The molecule has 138 valence electrons. The summed E-state index contributed by atoms with van der Waals surface area (Å²) in [6.07, 6.45) is 1.29. The Bertz CT molecular complexity index is 727. The summed E-state index contributed by atoms with van der Waals surface area (Å²) in [5.74, 6) is -0.372. The van der Waals surface area contributed by atoms with Crippen molar-refractivity contribution in [2.24, 2.45) is 0 Å². The maximum Gasteiger partial charge on any atom is 0.303 e. The lowest BCUT2D eigenvalue weighted by Gasteiger charge is -2.09. The first-order chi connectivity index (χ1) is 12.6. The summed E-state index contributed by atoms with van der Waals surface area (Å²) in [7, 11) is 1.65. The fourth-order valence-corrected chi connectivity index (χ4v) is 2.35. The monoisotopic (exact) mass is 357 g/mol. The van der Waals surface area contributed by atoms with Crippen LogP contribution in [0.15, 0.2) is 48.5 Å². The van der Waals surface area contributed by atoms with E-state index in [2.05, 4.69) is 5.32 Å². The molecule has 1 amide bonds. The average Bonchev–Trinajstić information content (AvgIpc) is 2.64. The van der Waals surface area contributed by atoms with Gasteiger partial charge in [0, 0.05) is 37.8 Å². The fraction of sp³-hybridized carbons (Fsp3) is 0.300. The number of aliphatic carboxylic acids is 1. The van der Waals surface area contributed by atoms with Crippen molar-refractivity contribution in [3.8, 4) is 5.75 Å². The number of anilines is 1. The summed E-state index contributed by atoms with van der Waals surface area (Å²) < 4.78 is 10.5. The predicted octanol–water partition coefficient (Wildman–Crippen LogP) is 3.37. The third kappa shape index (κ3) is 6.57. The van der Waals surface area contributed by atoms with Crippen LogP contribution in [0, 0.1) is 0 Å². The number of hydrogen-bond acceptors (Lipinski definition) is 4. The lowest BCUT2D eigenvalue weighted by molar-refractivity contribution is -0.136. The molecular weight excluding hydrogens is 334 g/mol. The summed E-state index contributed by atoms with van der Waals surface area (Å²) in [5.41, 5.74) is 2.02. The molecule has 0 unspecified atom stereocenters. The van der Waals surface area contributed by atoms with Gasteiger partial charge in [0.15, 0.2) is 0 Å². The van der Waals surface area contributed by atoms with Gasteiger partial charge in [-0.25, -0.2) is 0 Å². The van der Waals surface area contributed by atoms with Crippen LogP contribution in [-0.4, -0.2) is 37.3 Å². The summed E-state index contributed by atoms with van der Waals surface area (Å²) >= 11 is 0. The second kappa shape index (κ2) is 10.2. The molecule has 2 aromatic rings. The summed E-state index contributed by atoms with van der Waals surface area (Å²) in [6, 6.07) is 14.1. The van der Waals surface area contributed by atoms with Crippen LogP contribution >= 0.6 is 0 Å². The molecule has 0 heterocycles. The molecule has 0 spiro atoms. The molecule has 0 bridgehead atoms. The van der Waals surface area contributed by atoms with Gasteiger partial charge in [0.05, 0.1) is 6.61 Å². The molecule has 6 nitrogen and oxygen atoms in total. The fourth-order valence-electron chi connectivity index (χ4n) is 2.35. The molecule has 2 aromatic carbocycles. The topological polar surface area (TPSA) is 84.9 Å². The highest BCUT2D eigenvalue weighted by Gasteiger charge is 2.07. The van der Waals surface area contributed by atoms with Gasteiger partial charge >= 0.3 is 5.97 Å². The number of amides is 1. The lowest BCUT2D eigenvalue weighted by atomic mass is 10.1. The van der Waals surface area contributed by atoms with Gasteiger partial charge in [0.25, 0.3) is 5.91 Å². The second-order valence-corrected chi connectivity index (χ2v) is 5.77. The largest absolute Gasteiger partial charge is 0.494 e. The second-order valence-electron chi connectivity index (χ2n) is 5.77. The molecule has 2 rings (SSSR count). The highest BCUT2D eigenvalue weighted by Crippen LogP contribution is 2.16. The number of nitrogens with one attached hydrogen (secondary N) is 1. The first-order valence-corrected chi connectivity index (χ1v) is 8.42. The number of benzene rings is 2. The Balaban J connectivity index is 1.91. The Morgan fingerprint density at radius 1 is 1.08 bits per heavy atom. The highest BCUT2D eigenvalue weighted by molar-refractivity contribution is 6.04. The first kappa shape index (κ1) is 19.5. The quantitative estimate of drug-likeness (QED) is 0.637. The van der Waals surface area contributed by atoms with Crippen molar-refractivity contribution in [2.75, 3.05) is 25.6 Å². The number of aryl methyl sites for hydroxylation is 1. The first-order valence-electron chi connectivity index (χ1n) is 8.42. The smallest absolute Gasteiger partial charge is 0.303 e. The van der Waals surface area contributed by atoms with Gasteiger partial charge in [0.2, 0.25) is 0 Å². The number of rotatable bonds is 10. The molecule has 0 aliphatic carbocycles. The van der Waals surface area contributed by atoms with Crippen molar-refractivity contribution in [1.82, 2.24) is 0 Å². The molecule has 2 N–H and O–H groups in total. The standard InChI is InChI=1S/C20H23NO5/c1-25-12-3-13-26-18-9-7-16(8-10-18)20(24)21-17-5-2-4-15(14-17)6-11-19(22)23/h2,4-5,7-10,14H,3,6,11-13H2,1H3,(H,21,24)(H,22,23). The van der Waals surface area contributed by atoms with E-state index in [1.807, 2.05) is 6.07 Å². The molecule has 0 atom stereocenters. The normalized spacial score (nSPS) is 10.3. The maximum absolute atomic E-state index is 12.3. The van der Waals surface area contributed by atoms with Crippen molar-refractivity contribution < 1.29 is 24.2 Å². The molecule has 0 saturated carbocycles. The Labute approximate surface area is 152 Å². The zero-order valence-corrected chi connectivity index (χ0v) is 14.7. The molecule has 0 aromatic heterocycles. The zero-order valence-electron chi connectivity index (χ0n) is 14.7. The number of carbonyl (C=O) groups is 2. The molecule has 0 aliphatic rings. The molecule has 26 heavy (non-hydrogen) atoms. The van der Waals surface area contributed by atoms with Crippen LogP contribution in [-0.2, 0) is 16.0 Å². The van der Waals surface area contributed by atoms with Gasteiger partial charge in [0.1, 0.15) is 5.75 Å². The van der Waals surface area contributed by atoms with Crippen LogP contribution < -0.4 is 10.1 Å². The van der Waals surface area contributed by atoms with Crippen molar-refractivity contribution in [1.29, 1.82) is 0 Å². The van der Waals surface area contributed by atoms with Gasteiger partial charge < -0.3 is 19.9 Å². The van der Waals surface area contributed by atoms with Gasteiger partial charge in [-0.1, -0.05) is 12.1 Å². The Morgan fingerprint density at radius 2 is 1.85 bits per heavy atom. The third-order valence-electron chi connectivity index (χ3n) is 3.69. The molecule has 6 heteroatoms. The van der Waals surface area contributed by atoms with Crippen molar-refractivity contribution >= 4 is 17.6 Å². The Kier molecular flexibility index (Phi) is 7.64. The number of hydrogen-bond donors (Lipinski definition) is 2. The van der Waals surface area contributed by atoms with E-state index in [1.165, 1.54) is 0 Å². The van der Waals surface area contributed by atoms with Crippen LogP contribution in [0.1, 0.15) is 28.8 Å². The number of carbonyl (C=O) groups excluding carboxylic acids is 1. The van der Waals surface area contributed by atoms with Crippen LogP contribution in [0.4, 0.5) is 5.69 Å². The van der Waals surface area contributed by atoms with E-state index in [9.17, 15) is 9.59 Å². The highest BCUT2D eigenvalue weighted by atomic mass is 16.5. The summed E-state index contributed by atoms with van der Waals surface area (Å²) in [4.78, 5) is 23.0. The lowest BCUT2D eigenvalue weighted by Crippen LogP contribution is -2.12. The number of carboxylic acid groups (broad SMARTS) is 1. The van der Waals surface area contributed by atoms with Gasteiger partial charge in [-0.2, -0.15) is 0 Å². The van der Waals surface area contributed by atoms with Crippen molar-refractivity contribution in [2.45, 2.75) is 19.3 Å². The van der Waals surface area contributed by atoms with Crippen molar-refractivity contribution in [3.05, 3.63) is 59.7 Å². The average molecular weight is 357 g/mol. The van der Waals surface area contributed by atoms with E-state index < -0.39 is 5.97 Å².